The van der Waals surface area contributed by atoms with Crippen molar-refractivity contribution in [1.82, 2.24) is 0 Å². The van der Waals surface area contributed by atoms with Gasteiger partial charge in [-0.2, -0.15) is 0 Å². The summed E-state index contributed by atoms with van der Waals surface area (Å²) in [5.41, 5.74) is 2.76. The molecule has 0 fully saturated rings. The summed E-state index contributed by atoms with van der Waals surface area (Å²) in [6.45, 7) is 17.8. The number of methoxy groups -OCH3 is 1. The molecule has 0 aliphatic carbocycles. The lowest BCUT2D eigenvalue weighted by Gasteiger charge is -2.42. The Morgan fingerprint density at radius 3 is 1.83 bits per heavy atom. The largest absolute Gasteiger partial charge is 0.543 e. The fraction of sp³-hybridized carbons (Fsp3) is 0.500. The zero-order valence-corrected chi connectivity index (χ0v) is 16.7. The van der Waals surface area contributed by atoms with Crippen molar-refractivity contribution >= 4 is 14.4 Å². The first-order valence-electron chi connectivity index (χ1n) is 8.44. The predicted molar refractivity (Wildman–Crippen MR) is 103 cm³/mol. The zero-order chi connectivity index (χ0) is 17.6. The second kappa shape index (κ2) is 8.39. The molecule has 3 heteroatoms. The minimum absolute atomic E-state index is 0.550. The lowest BCUT2D eigenvalue weighted by atomic mass is 10.2. The molecule has 23 heavy (non-hydrogen) atoms. The molecule has 0 aromatic heterocycles. The maximum absolute atomic E-state index is 6.52. The van der Waals surface area contributed by atoms with E-state index in [0.29, 0.717) is 16.6 Å². The van der Waals surface area contributed by atoms with Crippen LogP contribution in [-0.4, -0.2) is 15.4 Å². The Labute approximate surface area is 143 Å². The monoisotopic (exact) mass is 332 g/mol. The van der Waals surface area contributed by atoms with Gasteiger partial charge in [0.05, 0.1) is 12.9 Å². The molecule has 0 bridgehead atoms. The van der Waals surface area contributed by atoms with Crippen LogP contribution in [0.4, 0.5) is 0 Å². The van der Waals surface area contributed by atoms with Crippen LogP contribution in [0.5, 0.6) is 5.75 Å². The van der Waals surface area contributed by atoms with E-state index < -0.39 is 8.32 Å². The van der Waals surface area contributed by atoms with Crippen molar-refractivity contribution in [2.24, 2.45) is 0 Å². The fourth-order valence-electron chi connectivity index (χ4n) is 3.52. The van der Waals surface area contributed by atoms with Gasteiger partial charge in [0.1, 0.15) is 5.75 Å². The van der Waals surface area contributed by atoms with Crippen LogP contribution in [0, 0.1) is 0 Å². The van der Waals surface area contributed by atoms with Crippen LogP contribution in [-0.2, 0) is 4.43 Å². The molecule has 2 nitrogen and oxygen atoms in total. The summed E-state index contributed by atoms with van der Waals surface area (Å²) in [6, 6.07) is 7.97. The van der Waals surface area contributed by atoms with E-state index in [-0.39, 0.29) is 0 Å². The third-order valence-corrected chi connectivity index (χ3v) is 10.6. The maximum atomic E-state index is 6.52. The average molecular weight is 333 g/mol. The van der Waals surface area contributed by atoms with Crippen LogP contribution in [0.15, 0.2) is 42.7 Å². The Morgan fingerprint density at radius 2 is 1.43 bits per heavy atom. The summed E-state index contributed by atoms with van der Waals surface area (Å²) < 4.78 is 11.7. The van der Waals surface area contributed by atoms with Gasteiger partial charge >= 0.3 is 0 Å². The van der Waals surface area contributed by atoms with E-state index in [4.69, 9.17) is 9.16 Å². The van der Waals surface area contributed by atoms with Crippen molar-refractivity contribution in [3.05, 3.63) is 48.2 Å². The van der Waals surface area contributed by atoms with E-state index in [2.05, 4.69) is 48.1 Å². The molecule has 0 atom stereocenters. The summed E-state index contributed by atoms with van der Waals surface area (Å²) in [6.07, 6.45) is 4.03. The maximum Gasteiger partial charge on any atom is 0.258 e. The predicted octanol–water partition coefficient (Wildman–Crippen LogP) is 6.41. The van der Waals surface area contributed by atoms with Gasteiger partial charge in [0.25, 0.3) is 8.32 Å². The molecule has 0 aliphatic heterocycles. The third-order valence-electron chi connectivity index (χ3n) is 4.59. The number of benzene rings is 1. The van der Waals surface area contributed by atoms with Crippen molar-refractivity contribution in [3.63, 3.8) is 0 Å². The molecule has 0 heterocycles. The first kappa shape index (κ1) is 19.6. The molecular formula is C20H32O2Si. The van der Waals surface area contributed by atoms with E-state index >= 15 is 0 Å². The normalized spacial score (nSPS) is 12.4. The highest BCUT2D eigenvalue weighted by Gasteiger charge is 2.46. The highest BCUT2D eigenvalue weighted by molar-refractivity contribution is 6.77. The van der Waals surface area contributed by atoms with E-state index in [1.54, 1.807) is 7.11 Å². The molecule has 1 aromatic carbocycles. The lowest BCUT2D eigenvalue weighted by molar-refractivity contribution is 0.389. The SMILES string of the molecule is C=C(/C=C/c1ccc(OC)cc1)O[Si](C(C)C)(C(C)C)C(C)C. The van der Waals surface area contributed by atoms with Crippen LogP contribution in [0.1, 0.15) is 47.1 Å². The van der Waals surface area contributed by atoms with Gasteiger partial charge in [-0.1, -0.05) is 66.3 Å². The molecule has 0 amide bonds. The standard InChI is InChI=1S/C20H32O2Si/c1-15(2)23(16(3)4,17(5)6)22-18(7)9-10-19-11-13-20(21-8)14-12-19/h9-17H,7H2,1-6,8H3/b10-9+. The molecule has 1 rings (SSSR count). The minimum Gasteiger partial charge on any atom is -0.543 e. The number of rotatable bonds is 8. The first-order chi connectivity index (χ1) is 10.7. The fourth-order valence-corrected chi connectivity index (χ4v) is 8.75. The second-order valence-corrected chi connectivity index (χ2v) is 12.4. The molecule has 0 saturated carbocycles. The van der Waals surface area contributed by atoms with Crippen LogP contribution >= 0.6 is 0 Å². The summed E-state index contributed by atoms with van der Waals surface area (Å²) in [5, 5.41) is 0. The number of allylic oxidation sites excluding steroid dienone is 1. The van der Waals surface area contributed by atoms with Gasteiger partial charge in [-0.15, -0.1) is 0 Å². The van der Waals surface area contributed by atoms with Crippen molar-refractivity contribution < 1.29 is 9.16 Å². The molecular weight excluding hydrogens is 300 g/mol. The quantitative estimate of drug-likeness (QED) is 0.311. The van der Waals surface area contributed by atoms with E-state index in [1.165, 1.54) is 0 Å². The van der Waals surface area contributed by atoms with Gasteiger partial charge in [-0.3, -0.25) is 0 Å². The van der Waals surface area contributed by atoms with Crippen molar-refractivity contribution in [3.8, 4) is 5.75 Å². The van der Waals surface area contributed by atoms with Crippen molar-refractivity contribution in [1.29, 1.82) is 0 Å². The third kappa shape index (κ3) is 4.74. The number of ether oxygens (including phenoxy) is 1. The molecule has 0 radical (unpaired) electrons. The van der Waals surface area contributed by atoms with Crippen LogP contribution in [0.2, 0.25) is 16.6 Å². The Kier molecular flexibility index (Phi) is 7.14. The molecule has 128 valence electrons. The van der Waals surface area contributed by atoms with Gasteiger partial charge < -0.3 is 9.16 Å². The Hall–Kier alpha value is -1.48. The Balaban J connectivity index is 2.88. The smallest absolute Gasteiger partial charge is 0.258 e. The van der Waals surface area contributed by atoms with Gasteiger partial charge in [-0.25, -0.2) is 0 Å². The zero-order valence-electron chi connectivity index (χ0n) is 15.7. The topological polar surface area (TPSA) is 18.5 Å². The van der Waals surface area contributed by atoms with Gasteiger partial charge in [0.15, 0.2) is 0 Å². The molecule has 0 spiro atoms. The molecule has 0 unspecified atom stereocenters. The number of hydrogen-bond acceptors (Lipinski definition) is 2. The van der Waals surface area contributed by atoms with E-state index in [1.807, 2.05) is 36.4 Å². The summed E-state index contributed by atoms with van der Waals surface area (Å²) in [5.74, 6) is 1.63. The summed E-state index contributed by atoms with van der Waals surface area (Å²) in [7, 11) is -0.239. The molecule has 0 aliphatic rings. The van der Waals surface area contributed by atoms with E-state index in [9.17, 15) is 0 Å². The van der Waals surface area contributed by atoms with E-state index in [0.717, 1.165) is 17.1 Å². The van der Waals surface area contributed by atoms with Gasteiger partial charge in [-0.05, 0) is 40.4 Å². The minimum atomic E-state index is -1.91. The van der Waals surface area contributed by atoms with Gasteiger partial charge in [0.2, 0.25) is 0 Å². The summed E-state index contributed by atoms with van der Waals surface area (Å²) >= 11 is 0. The first-order valence-corrected chi connectivity index (χ1v) is 10.6. The van der Waals surface area contributed by atoms with Crippen LogP contribution < -0.4 is 4.74 Å². The molecule has 0 saturated heterocycles. The van der Waals surface area contributed by atoms with Crippen LogP contribution in [0.25, 0.3) is 6.08 Å². The lowest BCUT2D eigenvalue weighted by Crippen LogP contribution is -2.47. The van der Waals surface area contributed by atoms with Crippen molar-refractivity contribution in [2.75, 3.05) is 7.11 Å². The van der Waals surface area contributed by atoms with Crippen molar-refractivity contribution in [2.45, 2.75) is 58.2 Å². The Bertz CT molecular complexity index is 505. The number of hydrogen-bond donors (Lipinski definition) is 0. The highest BCUT2D eigenvalue weighted by atomic mass is 28.4. The van der Waals surface area contributed by atoms with Crippen LogP contribution in [0.3, 0.4) is 0 Å². The summed E-state index contributed by atoms with van der Waals surface area (Å²) in [4.78, 5) is 0. The molecule has 0 N–H and O–H groups in total. The average Bonchev–Trinajstić information content (AvgIpc) is 2.50. The Morgan fingerprint density at radius 1 is 0.957 bits per heavy atom. The molecule has 1 aromatic rings. The second-order valence-electron chi connectivity index (χ2n) is 6.99. The highest BCUT2D eigenvalue weighted by Crippen LogP contribution is 2.43. The van der Waals surface area contributed by atoms with Gasteiger partial charge in [0, 0.05) is 0 Å².